The minimum Gasteiger partial charge on any atom is -0.441 e. The summed E-state index contributed by atoms with van der Waals surface area (Å²) in [5, 5.41) is 5.69. The summed E-state index contributed by atoms with van der Waals surface area (Å²) >= 11 is 0. The highest BCUT2D eigenvalue weighted by Gasteiger charge is 2.10. The van der Waals surface area contributed by atoms with Gasteiger partial charge in [-0.1, -0.05) is 19.9 Å². The molecule has 4 rings (SSSR count). The minimum atomic E-state index is -0.250. The van der Waals surface area contributed by atoms with E-state index in [4.69, 9.17) is 4.42 Å². The molecule has 0 aliphatic carbocycles. The topological polar surface area (TPSA) is 84.5 Å². The molecule has 3 aromatic heterocycles. The molecule has 2 N–H and O–H groups in total. The van der Waals surface area contributed by atoms with E-state index in [1.54, 1.807) is 6.20 Å². The summed E-state index contributed by atoms with van der Waals surface area (Å²) in [6, 6.07) is 13.0. The molecule has 0 fully saturated rings. The predicted octanol–water partition coefficient (Wildman–Crippen LogP) is 4.48. The molecular formula is C22H23N5O2. The van der Waals surface area contributed by atoms with Crippen LogP contribution in [0.25, 0.3) is 17.1 Å². The maximum atomic E-state index is 12.1. The molecule has 0 atom stereocenters. The average Bonchev–Trinajstić information content (AvgIpc) is 3.35. The van der Waals surface area contributed by atoms with Crippen LogP contribution in [-0.4, -0.2) is 26.9 Å². The van der Waals surface area contributed by atoms with Gasteiger partial charge in [0.1, 0.15) is 11.4 Å². The number of nitrogens with zero attached hydrogens (tertiary/aromatic N) is 3. The number of anilines is 1. The maximum absolute atomic E-state index is 12.1. The van der Waals surface area contributed by atoms with Crippen LogP contribution in [0.3, 0.4) is 0 Å². The summed E-state index contributed by atoms with van der Waals surface area (Å²) < 4.78 is 7.72. The number of pyridine rings is 1. The summed E-state index contributed by atoms with van der Waals surface area (Å²) in [7, 11) is 0. The van der Waals surface area contributed by atoms with Gasteiger partial charge in [0.15, 0.2) is 0 Å². The van der Waals surface area contributed by atoms with Crippen molar-refractivity contribution in [2.24, 2.45) is 0 Å². The summed E-state index contributed by atoms with van der Waals surface area (Å²) in [6.07, 6.45) is 6.34. The molecule has 0 saturated heterocycles. The van der Waals surface area contributed by atoms with Crippen LogP contribution in [0.15, 0.2) is 65.5 Å². The van der Waals surface area contributed by atoms with Gasteiger partial charge in [-0.3, -0.25) is 0 Å². The standard InChI is InChI=1S/C22H23N5O2/c1-15(2)19-13-24-21(29-19)16-6-8-17(9-7-16)26-22(28)23-11-10-18-14-27-12-4-3-5-20(27)25-18/h3-9,12-15H,10-11H2,1-2H3,(H2,23,26,28). The number of hydrogen-bond donors (Lipinski definition) is 2. The van der Waals surface area contributed by atoms with Crippen molar-refractivity contribution in [2.75, 3.05) is 11.9 Å². The largest absolute Gasteiger partial charge is 0.441 e. The Morgan fingerprint density at radius 3 is 2.72 bits per heavy atom. The van der Waals surface area contributed by atoms with E-state index in [9.17, 15) is 4.79 Å². The van der Waals surface area contributed by atoms with Crippen LogP contribution in [-0.2, 0) is 6.42 Å². The van der Waals surface area contributed by atoms with Crippen molar-refractivity contribution >= 4 is 17.4 Å². The molecule has 29 heavy (non-hydrogen) atoms. The smallest absolute Gasteiger partial charge is 0.319 e. The summed E-state index contributed by atoms with van der Waals surface area (Å²) in [4.78, 5) is 21.0. The zero-order chi connectivity index (χ0) is 20.2. The second kappa shape index (κ2) is 8.18. The molecule has 0 radical (unpaired) electrons. The van der Waals surface area contributed by atoms with Crippen LogP contribution in [0, 0.1) is 0 Å². The molecule has 0 saturated carbocycles. The SMILES string of the molecule is CC(C)c1cnc(-c2ccc(NC(=O)NCCc3cn4ccccc4n3)cc2)o1. The van der Waals surface area contributed by atoms with Crippen LogP contribution in [0.2, 0.25) is 0 Å². The van der Waals surface area contributed by atoms with E-state index >= 15 is 0 Å². The zero-order valence-electron chi connectivity index (χ0n) is 16.4. The highest BCUT2D eigenvalue weighted by Crippen LogP contribution is 2.24. The first kappa shape index (κ1) is 18.7. The lowest BCUT2D eigenvalue weighted by molar-refractivity contribution is 0.252. The van der Waals surface area contributed by atoms with Crippen molar-refractivity contribution in [1.29, 1.82) is 0 Å². The average molecular weight is 389 g/mol. The van der Waals surface area contributed by atoms with Gasteiger partial charge >= 0.3 is 6.03 Å². The number of benzene rings is 1. The van der Waals surface area contributed by atoms with E-state index in [0.29, 0.717) is 30.5 Å². The third-order valence-electron chi connectivity index (χ3n) is 4.56. The van der Waals surface area contributed by atoms with Crippen LogP contribution < -0.4 is 10.6 Å². The maximum Gasteiger partial charge on any atom is 0.319 e. The fourth-order valence-electron chi connectivity index (χ4n) is 2.97. The van der Waals surface area contributed by atoms with Gasteiger partial charge in [0.25, 0.3) is 0 Å². The van der Waals surface area contributed by atoms with Crippen LogP contribution in [0.4, 0.5) is 10.5 Å². The number of rotatable bonds is 6. The lowest BCUT2D eigenvalue weighted by Crippen LogP contribution is -2.30. The van der Waals surface area contributed by atoms with Gasteiger partial charge in [-0.05, 0) is 36.4 Å². The van der Waals surface area contributed by atoms with Crippen molar-refractivity contribution in [3.63, 3.8) is 0 Å². The number of urea groups is 1. The summed E-state index contributed by atoms with van der Waals surface area (Å²) in [6.45, 7) is 4.62. The van der Waals surface area contributed by atoms with E-state index in [0.717, 1.165) is 22.7 Å². The Morgan fingerprint density at radius 2 is 2.00 bits per heavy atom. The molecule has 7 heteroatoms. The lowest BCUT2D eigenvalue weighted by Gasteiger charge is -2.07. The van der Waals surface area contributed by atoms with Gasteiger partial charge in [0.05, 0.1) is 11.9 Å². The van der Waals surface area contributed by atoms with Crippen molar-refractivity contribution in [1.82, 2.24) is 19.7 Å². The van der Waals surface area contributed by atoms with Crippen molar-refractivity contribution < 1.29 is 9.21 Å². The highest BCUT2D eigenvalue weighted by atomic mass is 16.4. The van der Waals surface area contributed by atoms with Crippen molar-refractivity contribution in [3.8, 4) is 11.5 Å². The second-order valence-corrected chi connectivity index (χ2v) is 7.13. The Balaban J connectivity index is 1.28. The molecule has 1 aromatic carbocycles. The Kier molecular flexibility index (Phi) is 5.29. The van der Waals surface area contributed by atoms with E-state index in [2.05, 4.69) is 34.4 Å². The molecule has 148 valence electrons. The zero-order valence-corrected chi connectivity index (χ0v) is 16.4. The van der Waals surface area contributed by atoms with Gasteiger partial charge in [-0.2, -0.15) is 0 Å². The molecule has 0 spiro atoms. The fourth-order valence-corrected chi connectivity index (χ4v) is 2.97. The first-order valence-corrected chi connectivity index (χ1v) is 9.62. The first-order chi connectivity index (χ1) is 14.1. The number of fused-ring (bicyclic) bond motifs is 1. The van der Waals surface area contributed by atoms with Gasteiger partial charge in [-0.25, -0.2) is 14.8 Å². The van der Waals surface area contributed by atoms with Gasteiger partial charge in [-0.15, -0.1) is 0 Å². The van der Waals surface area contributed by atoms with Crippen molar-refractivity contribution in [2.45, 2.75) is 26.2 Å². The summed E-state index contributed by atoms with van der Waals surface area (Å²) in [5.74, 6) is 1.73. The lowest BCUT2D eigenvalue weighted by atomic mass is 10.2. The molecule has 0 bridgehead atoms. The Labute approximate surface area is 168 Å². The fraction of sp³-hybridized carbons (Fsp3) is 0.227. The van der Waals surface area contributed by atoms with E-state index in [1.807, 2.05) is 59.3 Å². The van der Waals surface area contributed by atoms with Crippen LogP contribution in [0.5, 0.6) is 0 Å². The number of aromatic nitrogens is 3. The molecule has 3 heterocycles. The monoisotopic (exact) mass is 389 g/mol. The quantitative estimate of drug-likeness (QED) is 0.509. The number of amides is 2. The van der Waals surface area contributed by atoms with Gasteiger partial charge in [0.2, 0.25) is 5.89 Å². The molecule has 0 aliphatic heterocycles. The number of oxazole rings is 1. The molecule has 2 amide bonds. The van der Waals surface area contributed by atoms with Crippen LogP contribution in [0.1, 0.15) is 31.2 Å². The number of carbonyl (C=O) groups excluding carboxylic acids is 1. The van der Waals surface area contributed by atoms with Gasteiger partial charge < -0.3 is 19.5 Å². The first-order valence-electron chi connectivity index (χ1n) is 9.62. The number of carbonyl (C=O) groups is 1. The Bertz CT molecular complexity index is 1080. The summed E-state index contributed by atoms with van der Waals surface area (Å²) in [5.41, 5.74) is 3.41. The second-order valence-electron chi connectivity index (χ2n) is 7.13. The third kappa shape index (κ3) is 4.45. The molecule has 0 unspecified atom stereocenters. The molecular weight excluding hydrogens is 366 g/mol. The van der Waals surface area contributed by atoms with E-state index < -0.39 is 0 Å². The number of hydrogen-bond acceptors (Lipinski definition) is 4. The van der Waals surface area contributed by atoms with Crippen molar-refractivity contribution in [3.05, 3.63) is 72.5 Å². The molecule has 7 nitrogen and oxygen atoms in total. The predicted molar refractivity (Wildman–Crippen MR) is 112 cm³/mol. The van der Waals surface area contributed by atoms with E-state index in [-0.39, 0.29) is 6.03 Å². The number of nitrogens with one attached hydrogen (secondary N) is 2. The van der Waals surface area contributed by atoms with Gasteiger partial charge in [0, 0.05) is 42.5 Å². The molecule has 4 aromatic rings. The van der Waals surface area contributed by atoms with Crippen LogP contribution >= 0.6 is 0 Å². The minimum absolute atomic E-state index is 0.250. The van der Waals surface area contributed by atoms with E-state index in [1.165, 1.54) is 0 Å². The number of imidazole rings is 1. The normalized spacial score (nSPS) is 11.1. The third-order valence-corrected chi connectivity index (χ3v) is 4.56. The highest BCUT2D eigenvalue weighted by molar-refractivity contribution is 5.89. The Hall–Kier alpha value is -3.61. The molecule has 0 aliphatic rings. The Morgan fingerprint density at radius 1 is 1.17 bits per heavy atom.